The van der Waals surface area contributed by atoms with Gasteiger partial charge in [0.2, 0.25) is 0 Å². The third kappa shape index (κ3) is 5.73. The Hall–Kier alpha value is -0.280. The lowest BCUT2D eigenvalue weighted by Crippen LogP contribution is -2.21. The smallest absolute Gasteiger partial charge is 0.126 e. The second kappa shape index (κ2) is 6.05. The van der Waals surface area contributed by atoms with Crippen LogP contribution >= 0.6 is 27.5 Å². The molecule has 0 fully saturated rings. The lowest BCUT2D eigenvalue weighted by Gasteiger charge is -2.22. The van der Waals surface area contributed by atoms with Gasteiger partial charge in [0.05, 0.1) is 11.1 Å². The lowest BCUT2D eigenvalue weighted by molar-refractivity contribution is 0.373. The van der Waals surface area contributed by atoms with E-state index in [0.717, 1.165) is 29.0 Å². The standard InChI is InChI=1S/C13H20BrClN2/c1-9-11(14)5-6-12(17-9)16-8-10(15)7-13(2,3)4/h5-6,10H,7-8H2,1-4H3,(H,16,17). The van der Waals surface area contributed by atoms with Gasteiger partial charge in [-0.15, -0.1) is 11.6 Å². The third-order valence-corrected chi connectivity index (χ3v) is 3.51. The number of anilines is 1. The molecule has 0 saturated heterocycles. The quantitative estimate of drug-likeness (QED) is 0.820. The van der Waals surface area contributed by atoms with Crippen LogP contribution in [0.5, 0.6) is 0 Å². The summed E-state index contributed by atoms with van der Waals surface area (Å²) in [6.07, 6.45) is 0.983. The molecule has 0 amide bonds. The van der Waals surface area contributed by atoms with Crippen molar-refractivity contribution in [3.05, 3.63) is 22.3 Å². The molecule has 96 valence electrons. The first-order chi connectivity index (χ1) is 7.78. The number of alkyl halides is 1. The summed E-state index contributed by atoms with van der Waals surface area (Å²) in [4.78, 5) is 4.42. The first-order valence-electron chi connectivity index (χ1n) is 5.79. The van der Waals surface area contributed by atoms with Gasteiger partial charge in [-0.1, -0.05) is 20.8 Å². The molecule has 2 nitrogen and oxygen atoms in total. The minimum Gasteiger partial charge on any atom is -0.369 e. The van der Waals surface area contributed by atoms with E-state index in [2.05, 4.69) is 47.0 Å². The fraction of sp³-hybridized carbons (Fsp3) is 0.615. The molecule has 0 aliphatic rings. The molecule has 17 heavy (non-hydrogen) atoms. The maximum absolute atomic E-state index is 6.29. The molecule has 0 saturated carbocycles. The van der Waals surface area contributed by atoms with Crippen molar-refractivity contribution < 1.29 is 0 Å². The highest BCUT2D eigenvalue weighted by atomic mass is 79.9. The molecule has 0 aromatic carbocycles. The van der Waals surface area contributed by atoms with E-state index in [9.17, 15) is 0 Å². The van der Waals surface area contributed by atoms with Crippen molar-refractivity contribution in [3.63, 3.8) is 0 Å². The SMILES string of the molecule is Cc1nc(NCC(Cl)CC(C)(C)C)ccc1Br. The predicted octanol–water partition coefficient (Wildman–Crippen LogP) is 4.61. The van der Waals surface area contributed by atoms with Crippen LogP contribution in [0, 0.1) is 12.3 Å². The van der Waals surface area contributed by atoms with Crippen molar-refractivity contribution in [2.75, 3.05) is 11.9 Å². The monoisotopic (exact) mass is 318 g/mol. The van der Waals surface area contributed by atoms with Crippen LogP contribution in [0.15, 0.2) is 16.6 Å². The van der Waals surface area contributed by atoms with Gasteiger partial charge in [0, 0.05) is 11.0 Å². The Labute approximate surface area is 117 Å². The number of aromatic nitrogens is 1. The normalized spacial score (nSPS) is 13.5. The summed E-state index contributed by atoms with van der Waals surface area (Å²) < 4.78 is 1.03. The highest BCUT2D eigenvalue weighted by molar-refractivity contribution is 9.10. The summed E-state index contributed by atoms with van der Waals surface area (Å²) in [6.45, 7) is 9.31. The van der Waals surface area contributed by atoms with E-state index in [-0.39, 0.29) is 10.8 Å². The van der Waals surface area contributed by atoms with Crippen LogP contribution in [0.2, 0.25) is 0 Å². The minimum absolute atomic E-state index is 0.126. The van der Waals surface area contributed by atoms with Crippen molar-refractivity contribution in [1.82, 2.24) is 4.98 Å². The van der Waals surface area contributed by atoms with Gasteiger partial charge in [0.15, 0.2) is 0 Å². The molecule has 1 aromatic heterocycles. The van der Waals surface area contributed by atoms with Gasteiger partial charge in [0.25, 0.3) is 0 Å². The summed E-state index contributed by atoms with van der Waals surface area (Å²) in [6, 6.07) is 3.95. The van der Waals surface area contributed by atoms with Crippen LogP contribution in [0.4, 0.5) is 5.82 Å². The van der Waals surface area contributed by atoms with E-state index in [0.29, 0.717) is 0 Å². The van der Waals surface area contributed by atoms with Crippen molar-refractivity contribution >= 4 is 33.3 Å². The van der Waals surface area contributed by atoms with Crippen LogP contribution < -0.4 is 5.32 Å². The van der Waals surface area contributed by atoms with Gasteiger partial charge < -0.3 is 5.32 Å². The Morgan fingerprint density at radius 1 is 1.41 bits per heavy atom. The fourth-order valence-electron chi connectivity index (χ4n) is 1.59. The molecule has 1 aromatic rings. The number of aryl methyl sites for hydroxylation is 1. The number of nitrogens with zero attached hydrogens (tertiary/aromatic N) is 1. The second-order valence-electron chi connectivity index (χ2n) is 5.51. The van der Waals surface area contributed by atoms with E-state index < -0.39 is 0 Å². The van der Waals surface area contributed by atoms with Crippen molar-refractivity contribution in [2.24, 2.45) is 5.41 Å². The van der Waals surface area contributed by atoms with Crippen LogP contribution in [-0.2, 0) is 0 Å². The summed E-state index contributed by atoms with van der Waals surface area (Å²) in [5.74, 6) is 0.880. The van der Waals surface area contributed by atoms with E-state index in [1.807, 2.05) is 19.1 Å². The average molecular weight is 320 g/mol. The van der Waals surface area contributed by atoms with Gasteiger partial charge in [-0.25, -0.2) is 4.98 Å². The van der Waals surface area contributed by atoms with Crippen LogP contribution in [-0.4, -0.2) is 16.9 Å². The zero-order valence-corrected chi connectivity index (χ0v) is 13.2. The summed E-state index contributed by atoms with van der Waals surface area (Å²) >= 11 is 9.72. The third-order valence-electron chi connectivity index (χ3n) is 2.36. The largest absolute Gasteiger partial charge is 0.369 e. The zero-order chi connectivity index (χ0) is 13.1. The van der Waals surface area contributed by atoms with Gasteiger partial charge >= 0.3 is 0 Å². The summed E-state index contributed by atoms with van der Waals surface area (Å²) in [5, 5.41) is 3.40. The molecule has 1 unspecified atom stereocenters. The van der Waals surface area contributed by atoms with Crippen molar-refractivity contribution in [2.45, 2.75) is 39.5 Å². The number of pyridine rings is 1. The Morgan fingerprint density at radius 3 is 2.59 bits per heavy atom. The molecular formula is C13H20BrClN2. The molecule has 0 spiro atoms. The highest BCUT2D eigenvalue weighted by Crippen LogP contribution is 2.24. The first-order valence-corrected chi connectivity index (χ1v) is 7.02. The number of nitrogens with one attached hydrogen (secondary N) is 1. The van der Waals surface area contributed by atoms with Crippen LogP contribution in [0.3, 0.4) is 0 Å². The molecule has 4 heteroatoms. The van der Waals surface area contributed by atoms with Gasteiger partial charge in [-0.2, -0.15) is 0 Å². The molecule has 1 rings (SSSR count). The Balaban J connectivity index is 2.47. The first kappa shape index (κ1) is 14.8. The summed E-state index contributed by atoms with van der Waals surface area (Å²) in [5.41, 5.74) is 1.24. The van der Waals surface area contributed by atoms with E-state index in [1.54, 1.807) is 0 Å². The van der Waals surface area contributed by atoms with Crippen molar-refractivity contribution in [3.8, 4) is 0 Å². The predicted molar refractivity (Wildman–Crippen MR) is 78.9 cm³/mol. The molecule has 1 atom stereocenters. The molecule has 1 heterocycles. The summed E-state index contributed by atoms with van der Waals surface area (Å²) in [7, 11) is 0. The molecule has 0 aliphatic carbocycles. The topological polar surface area (TPSA) is 24.9 Å². The van der Waals surface area contributed by atoms with Crippen LogP contribution in [0.1, 0.15) is 32.9 Å². The van der Waals surface area contributed by atoms with Gasteiger partial charge in [-0.05, 0) is 46.8 Å². The minimum atomic E-state index is 0.126. The van der Waals surface area contributed by atoms with Crippen molar-refractivity contribution in [1.29, 1.82) is 0 Å². The number of rotatable bonds is 4. The lowest BCUT2D eigenvalue weighted by atomic mass is 9.90. The second-order valence-corrected chi connectivity index (χ2v) is 6.98. The Bertz CT molecular complexity index is 374. The maximum atomic E-state index is 6.29. The fourth-order valence-corrected chi connectivity index (χ4v) is 2.36. The average Bonchev–Trinajstić information content (AvgIpc) is 2.17. The van der Waals surface area contributed by atoms with Gasteiger partial charge in [-0.3, -0.25) is 0 Å². The zero-order valence-electron chi connectivity index (χ0n) is 10.8. The Kier molecular flexibility index (Phi) is 5.26. The Morgan fingerprint density at radius 2 is 2.06 bits per heavy atom. The number of hydrogen-bond donors (Lipinski definition) is 1. The molecular weight excluding hydrogens is 300 g/mol. The molecule has 0 radical (unpaired) electrons. The molecule has 0 bridgehead atoms. The maximum Gasteiger partial charge on any atom is 0.126 e. The van der Waals surface area contributed by atoms with Crippen LogP contribution in [0.25, 0.3) is 0 Å². The molecule has 1 N–H and O–H groups in total. The van der Waals surface area contributed by atoms with E-state index in [4.69, 9.17) is 11.6 Å². The van der Waals surface area contributed by atoms with Gasteiger partial charge in [0.1, 0.15) is 5.82 Å². The van der Waals surface area contributed by atoms with E-state index in [1.165, 1.54) is 0 Å². The van der Waals surface area contributed by atoms with E-state index >= 15 is 0 Å². The molecule has 0 aliphatic heterocycles. The number of hydrogen-bond acceptors (Lipinski definition) is 2. The number of halogens is 2. The highest BCUT2D eigenvalue weighted by Gasteiger charge is 2.16.